The van der Waals surface area contributed by atoms with Gasteiger partial charge in [0.15, 0.2) is 6.10 Å². The Bertz CT molecular complexity index is 1020. The van der Waals surface area contributed by atoms with Crippen LogP contribution in [0.4, 0.5) is 5.69 Å². The lowest BCUT2D eigenvalue weighted by molar-refractivity contribution is -0.151. The van der Waals surface area contributed by atoms with Gasteiger partial charge in [-0.3, -0.25) is 9.59 Å². The third-order valence-corrected chi connectivity index (χ3v) is 6.01. The van der Waals surface area contributed by atoms with Crippen molar-refractivity contribution in [1.29, 1.82) is 0 Å². The van der Waals surface area contributed by atoms with Crippen LogP contribution in [0.2, 0.25) is 5.02 Å². The second-order valence-corrected chi connectivity index (χ2v) is 8.78. The van der Waals surface area contributed by atoms with Crippen LogP contribution in [-0.4, -0.2) is 40.1 Å². The van der Waals surface area contributed by atoms with Gasteiger partial charge in [-0.05, 0) is 37.3 Å². The van der Waals surface area contributed by atoms with E-state index < -0.39 is 34.5 Å². The smallest absolute Gasteiger partial charge is 0.321 e. The maximum absolute atomic E-state index is 12.3. The summed E-state index contributed by atoms with van der Waals surface area (Å²) in [7, 11) is -2.58. The van der Waals surface area contributed by atoms with Crippen molar-refractivity contribution in [3.63, 3.8) is 0 Å². The second kappa shape index (κ2) is 10.1. The Morgan fingerprint density at radius 1 is 1.21 bits per heavy atom. The average molecular weight is 506 g/mol. The van der Waals surface area contributed by atoms with Crippen LogP contribution in [-0.2, 0) is 24.3 Å². The molecule has 0 aliphatic carbocycles. The third kappa shape index (κ3) is 6.43. The minimum absolute atomic E-state index is 0.00945. The largest absolute Gasteiger partial charge is 0.495 e. The summed E-state index contributed by atoms with van der Waals surface area (Å²) in [6.45, 7) is 0.698. The Balaban J connectivity index is 1.93. The van der Waals surface area contributed by atoms with Gasteiger partial charge in [-0.2, -0.15) is 4.72 Å². The van der Waals surface area contributed by atoms with E-state index in [1.165, 1.54) is 32.2 Å². The summed E-state index contributed by atoms with van der Waals surface area (Å²) < 4.78 is 37.4. The number of para-hydroxylation sites is 2. The van der Waals surface area contributed by atoms with Crippen LogP contribution < -0.4 is 14.8 Å². The van der Waals surface area contributed by atoms with Gasteiger partial charge in [0, 0.05) is 4.47 Å². The lowest BCUT2D eigenvalue weighted by atomic mass is 10.2. The van der Waals surface area contributed by atoms with Gasteiger partial charge in [-0.25, -0.2) is 8.42 Å². The summed E-state index contributed by atoms with van der Waals surface area (Å²) in [5.41, 5.74) is 0.411. The maximum Gasteiger partial charge on any atom is 0.321 e. The number of nitrogens with one attached hydrogen (secondary N) is 2. The van der Waals surface area contributed by atoms with Crippen LogP contribution >= 0.6 is 27.5 Å². The van der Waals surface area contributed by atoms with Gasteiger partial charge in [-0.15, -0.1) is 0 Å². The lowest BCUT2D eigenvalue weighted by Crippen LogP contribution is -2.36. The number of carbonyl (C=O) groups is 2. The Hall–Kier alpha value is -2.14. The topological polar surface area (TPSA) is 111 Å². The Labute approximate surface area is 181 Å². The van der Waals surface area contributed by atoms with E-state index in [-0.39, 0.29) is 9.92 Å². The third-order valence-electron chi connectivity index (χ3n) is 3.63. The molecular weight excluding hydrogens is 488 g/mol. The summed E-state index contributed by atoms with van der Waals surface area (Å²) in [6, 6.07) is 10.9. The molecule has 0 aliphatic rings. The van der Waals surface area contributed by atoms with Gasteiger partial charge in [0.05, 0.1) is 17.8 Å². The number of sulfonamides is 1. The average Bonchev–Trinajstić information content (AvgIpc) is 2.66. The van der Waals surface area contributed by atoms with E-state index in [1.807, 2.05) is 0 Å². The molecule has 8 nitrogen and oxygen atoms in total. The highest BCUT2D eigenvalue weighted by atomic mass is 79.9. The van der Waals surface area contributed by atoms with E-state index in [0.717, 1.165) is 0 Å². The standard InChI is InChI=1S/C18H18BrClN2O6S/c1-11(18(24)22-14-5-3-4-6-15(14)27-2)28-17(23)10-21-29(25,26)16-8-7-12(19)9-13(16)20/h3-9,11,21H,10H2,1-2H3,(H,22,24). The fourth-order valence-electron chi connectivity index (χ4n) is 2.20. The molecule has 156 valence electrons. The number of ether oxygens (including phenoxy) is 2. The molecule has 0 radical (unpaired) electrons. The van der Waals surface area contributed by atoms with Crippen LogP contribution in [0.1, 0.15) is 6.92 Å². The molecule has 0 bridgehead atoms. The van der Waals surface area contributed by atoms with Crippen molar-refractivity contribution in [3.05, 3.63) is 52.0 Å². The van der Waals surface area contributed by atoms with Crippen molar-refractivity contribution in [1.82, 2.24) is 4.72 Å². The number of rotatable bonds is 8. The molecular formula is C18H18BrClN2O6S. The van der Waals surface area contributed by atoms with Gasteiger partial charge in [0.25, 0.3) is 5.91 Å². The number of carbonyl (C=O) groups excluding carboxylic acids is 2. The first-order valence-corrected chi connectivity index (χ1v) is 10.9. The zero-order valence-corrected chi connectivity index (χ0v) is 18.6. The van der Waals surface area contributed by atoms with E-state index in [4.69, 9.17) is 21.1 Å². The number of halogens is 2. The van der Waals surface area contributed by atoms with Crippen molar-refractivity contribution in [2.75, 3.05) is 19.0 Å². The predicted octanol–water partition coefficient (Wildman–Crippen LogP) is 2.96. The van der Waals surface area contributed by atoms with Crippen LogP contribution in [0.5, 0.6) is 5.75 Å². The number of esters is 1. The summed E-state index contributed by atoms with van der Waals surface area (Å²) >= 11 is 9.11. The highest BCUT2D eigenvalue weighted by Gasteiger charge is 2.22. The van der Waals surface area contributed by atoms with Gasteiger partial charge in [0.1, 0.15) is 17.2 Å². The molecule has 0 aromatic heterocycles. The van der Waals surface area contributed by atoms with E-state index in [0.29, 0.717) is 15.9 Å². The molecule has 1 atom stereocenters. The summed E-state index contributed by atoms with van der Waals surface area (Å²) in [5.74, 6) is -1.08. The van der Waals surface area contributed by atoms with Crippen molar-refractivity contribution in [2.24, 2.45) is 0 Å². The highest BCUT2D eigenvalue weighted by Crippen LogP contribution is 2.25. The second-order valence-electron chi connectivity index (χ2n) is 5.72. The number of hydrogen-bond donors (Lipinski definition) is 2. The molecule has 2 N–H and O–H groups in total. The summed E-state index contributed by atoms with van der Waals surface area (Å²) in [6.07, 6.45) is -1.16. The van der Waals surface area contributed by atoms with Crippen molar-refractivity contribution < 1.29 is 27.5 Å². The van der Waals surface area contributed by atoms with Crippen LogP contribution in [0.3, 0.4) is 0 Å². The number of amides is 1. The van der Waals surface area contributed by atoms with Crippen LogP contribution in [0.25, 0.3) is 0 Å². The van der Waals surface area contributed by atoms with E-state index in [2.05, 4.69) is 26.0 Å². The van der Waals surface area contributed by atoms with Crippen LogP contribution in [0.15, 0.2) is 51.8 Å². The molecule has 11 heteroatoms. The fraction of sp³-hybridized carbons (Fsp3) is 0.222. The predicted molar refractivity (Wildman–Crippen MR) is 112 cm³/mol. The first-order valence-electron chi connectivity index (χ1n) is 8.22. The molecule has 2 aromatic rings. The van der Waals surface area contributed by atoms with Gasteiger partial charge < -0.3 is 14.8 Å². The molecule has 0 spiro atoms. The summed E-state index contributed by atoms with van der Waals surface area (Å²) in [4.78, 5) is 24.0. The molecule has 2 aromatic carbocycles. The number of anilines is 1. The molecule has 29 heavy (non-hydrogen) atoms. The quantitative estimate of drug-likeness (QED) is 0.534. The first-order chi connectivity index (χ1) is 13.6. The van der Waals surface area contributed by atoms with Gasteiger partial charge in [-0.1, -0.05) is 39.7 Å². The minimum atomic E-state index is -4.04. The summed E-state index contributed by atoms with van der Waals surface area (Å²) in [5, 5.41) is 2.57. The monoisotopic (exact) mass is 504 g/mol. The number of benzene rings is 2. The molecule has 1 amide bonds. The van der Waals surface area contributed by atoms with Gasteiger partial charge >= 0.3 is 5.97 Å². The van der Waals surface area contributed by atoms with Crippen LogP contribution in [0, 0.1) is 0 Å². The van der Waals surface area contributed by atoms with Crippen molar-refractivity contribution in [3.8, 4) is 5.75 Å². The highest BCUT2D eigenvalue weighted by molar-refractivity contribution is 9.10. The molecule has 0 aliphatic heterocycles. The molecule has 0 fully saturated rings. The molecule has 2 rings (SSSR count). The first kappa shape index (κ1) is 23.1. The number of hydrogen-bond acceptors (Lipinski definition) is 6. The Kier molecular flexibility index (Phi) is 8.03. The van der Waals surface area contributed by atoms with E-state index in [1.54, 1.807) is 24.3 Å². The SMILES string of the molecule is COc1ccccc1NC(=O)C(C)OC(=O)CNS(=O)(=O)c1ccc(Br)cc1Cl. The molecule has 1 unspecified atom stereocenters. The van der Waals surface area contributed by atoms with E-state index in [9.17, 15) is 18.0 Å². The van der Waals surface area contributed by atoms with Gasteiger partial charge in [0.2, 0.25) is 10.0 Å². The number of methoxy groups -OCH3 is 1. The molecule has 0 saturated carbocycles. The lowest BCUT2D eigenvalue weighted by Gasteiger charge is -2.15. The Morgan fingerprint density at radius 2 is 1.90 bits per heavy atom. The Morgan fingerprint density at radius 3 is 2.55 bits per heavy atom. The zero-order chi connectivity index (χ0) is 21.6. The fourth-order valence-corrected chi connectivity index (χ4v) is 4.20. The zero-order valence-electron chi connectivity index (χ0n) is 15.4. The van der Waals surface area contributed by atoms with Crippen molar-refractivity contribution in [2.45, 2.75) is 17.9 Å². The molecule has 0 heterocycles. The maximum atomic E-state index is 12.3. The molecule has 0 saturated heterocycles. The van der Waals surface area contributed by atoms with E-state index >= 15 is 0 Å². The minimum Gasteiger partial charge on any atom is -0.495 e. The normalized spacial score (nSPS) is 12.1. The van der Waals surface area contributed by atoms with Crippen molar-refractivity contribution >= 4 is 55.1 Å².